The predicted octanol–water partition coefficient (Wildman–Crippen LogP) is 5.75. The molecule has 2 rings (SSSR count). The quantitative estimate of drug-likeness (QED) is 0.377. The number of methoxy groups -OCH3 is 1. The van der Waals surface area contributed by atoms with E-state index in [0.717, 1.165) is 66.2 Å². The minimum atomic E-state index is 0. The lowest BCUT2D eigenvalue weighted by atomic mass is 10.1. The molecule has 2 aromatic rings. The molecular formula is C22H31BrClNO3. The molecule has 2 aromatic carbocycles. The predicted molar refractivity (Wildman–Crippen MR) is 121 cm³/mol. The zero-order valence-corrected chi connectivity index (χ0v) is 19.1. The number of halogens is 2. The summed E-state index contributed by atoms with van der Waals surface area (Å²) in [6.07, 6.45) is 3.30. The van der Waals surface area contributed by atoms with E-state index in [9.17, 15) is 0 Å². The summed E-state index contributed by atoms with van der Waals surface area (Å²) >= 11 is 3.56. The van der Waals surface area contributed by atoms with E-state index in [0.29, 0.717) is 6.61 Å². The Morgan fingerprint density at radius 2 is 1.79 bits per heavy atom. The molecule has 0 aromatic heterocycles. The normalized spacial score (nSPS) is 10.4. The SMILES string of the molecule is CCCCOCCCNCc1cc(Br)cc(OC)c1OCc1ccccc1.Cl. The number of benzene rings is 2. The van der Waals surface area contributed by atoms with Crippen LogP contribution in [-0.2, 0) is 17.9 Å². The fourth-order valence-corrected chi connectivity index (χ4v) is 3.15. The van der Waals surface area contributed by atoms with Gasteiger partial charge in [-0.15, -0.1) is 12.4 Å². The van der Waals surface area contributed by atoms with Gasteiger partial charge in [0.05, 0.1) is 7.11 Å². The Hall–Kier alpha value is -1.27. The highest BCUT2D eigenvalue weighted by Crippen LogP contribution is 2.35. The van der Waals surface area contributed by atoms with Crippen molar-refractivity contribution in [3.05, 3.63) is 58.1 Å². The monoisotopic (exact) mass is 471 g/mol. The largest absolute Gasteiger partial charge is 0.493 e. The standard InChI is InChI=1S/C22H30BrNO3.ClH/c1-3-4-12-26-13-8-11-24-16-19-14-20(23)15-21(25-2)22(19)27-17-18-9-6-5-7-10-18;/h5-7,9-10,14-15,24H,3-4,8,11-13,16-17H2,1-2H3;1H. The molecule has 4 nitrogen and oxygen atoms in total. The number of unbranched alkanes of at least 4 members (excludes halogenated alkanes) is 1. The summed E-state index contributed by atoms with van der Waals surface area (Å²) in [6.45, 7) is 5.96. The van der Waals surface area contributed by atoms with E-state index in [-0.39, 0.29) is 12.4 Å². The highest BCUT2D eigenvalue weighted by molar-refractivity contribution is 9.10. The fraction of sp³-hybridized carbons (Fsp3) is 0.455. The maximum atomic E-state index is 6.11. The first-order valence-corrected chi connectivity index (χ1v) is 10.4. The van der Waals surface area contributed by atoms with Crippen LogP contribution in [0.1, 0.15) is 37.3 Å². The van der Waals surface area contributed by atoms with E-state index in [4.69, 9.17) is 14.2 Å². The van der Waals surface area contributed by atoms with Crippen LogP contribution in [0.5, 0.6) is 11.5 Å². The van der Waals surface area contributed by atoms with Crippen LogP contribution in [0, 0.1) is 0 Å². The first kappa shape index (κ1) is 24.8. The second-order valence-electron chi connectivity index (χ2n) is 6.37. The Morgan fingerprint density at radius 3 is 2.50 bits per heavy atom. The molecule has 0 radical (unpaired) electrons. The molecule has 0 aliphatic rings. The topological polar surface area (TPSA) is 39.7 Å². The molecule has 1 N–H and O–H groups in total. The number of rotatable bonds is 13. The maximum absolute atomic E-state index is 6.11. The summed E-state index contributed by atoms with van der Waals surface area (Å²) in [5, 5.41) is 3.47. The lowest BCUT2D eigenvalue weighted by Gasteiger charge is -2.16. The molecule has 0 aliphatic heterocycles. The molecular weight excluding hydrogens is 442 g/mol. The van der Waals surface area contributed by atoms with Crippen molar-refractivity contribution in [1.29, 1.82) is 0 Å². The summed E-state index contributed by atoms with van der Waals surface area (Å²) in [5.74, 6) is 1.52. The van der Waals surface area contributed by atoms with Gasteiger partial charge in [-0.2, -0.15) is 0 Å². The van der Waals surface area contributed by atoms with Crippen LogP contribution in [0.2, 0.25) is 0 Å². The summed E-state index contributed by atoms with van der Waals surface area (Å²) in [5.41, 5.74) is 2.20. The second-order valence-corrected chi connectivity index (χ2v) is 7.28. The van der Waals surface area contributed by atoms with Crippen LogP contribution in [0.4, 0.5) is 0 Å². The Balaban J connectivity index is 0.00000392. The third-order valence-corrected chi connectivity index (χ3v) is 4.60. The number of hydrogen-bond donors (Lipinski definition) is 1. The van der Waals surface area contributed by atoms with E-state index >= 15 is 0 Å². The van der Waals surface area contributed by atoms with Crippen molar-refractivity contribution in [3.63, 3.8) is 0 Å². The van der Waals surface area contributed by atoms with Crippen molar-refractivity contribution in [1.82, 2.24) is 5.32 Å². The van der Waals surface area contributed by atoms with Crippen molar-refractivity contribution in [2.75, 3.05) is 26.9 Å². The first-order valence-electron chi connectivity index (χ1n) is 9.56. The van der Waals surface area contributed by atoms with Gasteiger partial charge in [0, 0.05) is 29.8 Å². The molecule has 0 unspecified atom stereocenters. The first-order chi connectivity index (χ1) is 13.2. The van der Waals surface area contributed by atoms with Crippen LogP contribution in [0.25, 0.3) is 0 Å². The summed E-state index contributed by atoms with van der Waals surface area (Å²) in [6, 6.07) is 14.2. The minimum Gasteiger partial charge on any atom is -0.493 e. The van der Waals surface area contributed by atoms with Gasteiger partial charge in [0.1, 0.15) is 6.61 Å². The van der Waals surface area contributed by atoms with Crippen molar-refractivity contribution < 1.29 is 14.2 Å². The average molecular weight is 473 g/mol. The third-order valence-electron chi connectivity index (χ3n) is 4.14. The van der Waals surface area contributed by atoms with Gasteiger partial charge in [-0.3, -0.25) is 0 Å². The molecule has 6 heteroatoms. The lowest BCUT2D eigenvalue weighted by Crippen LogP contribution is -2.17. The van der Waals surface area contributed by atoms with E-state index in [1.165, 1.54) is 6.42 Å². The molecule has 0 saturated carbocycles. The molecule has 0 amide bonds. The highest BCUT2D eigenvalue weighted by Gasteiger charge is 2.13. The summed E-state index contributed by atoms with van der Waals surface area (Å²) in [7, 11) is 1.67. The van der Waals surface area contributed by atoms with Gasteiger partial charge in [0.25, 0.3) is 0 Å². The van der Waals surface area contributed by atoms with Crippen LogP contribution < -0.4 is 14.8 Å². The summed E-state index contributed by atoms with van der Waals surface area (Å²) in [4.78, 5) is 0. The van der Waals surface area contributed by atoms with Gasteiger partial charge in [-0.1, -0.05) is 59.6 Å². The fourth-order valence-electron chi connectivity index (χ4n) is 2.67. The molecule has 0 atom stereocenters. The lowest BCUT2D eigenvalue weighted by molar-refractivity contribution is 0.128. The number of ether oxygens (including phenoxy) is 3. The molecule has 0 bridgehead atoms. The van der Waals surface area contributed by atoms with Crippen LogP contribution in [0.15, 0.2) is 46.9 Å². The van der Waals surface area contributed by atoms with Crippen LogP contribution in [0.3, 0.4) is 0 Å². The number of nitrogens with one attached hydrogen (secondary N) is 1. The third kappa shape index (κ3) is 8.82. The van der Waals surface area contributed by atoms with Gasteiger partial charge in [-0.25, -0.2) is 0 Å². The molecule has 0 saturated heterocycles. The van der Waals surface area contributed by atoms with E-state index in [1.807, 2.05) is 24.3 Å². The zero-order valence-electron chi connectivity index (χ0n) is 16.7. The molecule has 0 fully saturated rings. The van der Waals surface area contributed by atoms with Crippen molar-refractivity contribution >= 4 is 28.3 Å². The Kier molecular flexibility index (Phi) is 13.0. The molecule has 0 aliphatic carbocycles. The average Bonchev–Trinajstić information content (AvgIpc) is 2.69. The Bertz CT molecular complexity index is 670. The van der Waals surface area contributed by atoms with E-state index in [2.05, 4.69) is 46.4 Å². The van der Waals surface area contributed by atoms with Gasteiger partial charge in [0.2, 0.25) is 0 Å². The Labute approximate surface area is 183 Å². The molecule has 28 heavy (non-hydrogen) atoms. The highest BCUT2D eigenvalue weighted by atomic mass is 79.9. The van der Waals surface area contributed by atoms with E-state index in [1.54, 1.807) is 7.11 Å². The minimum absolute atomic E-state index is 0. The van der Waals surface area contributed by atoms with Gasteiger partial charge in [-0.05, 0) is 37.1 Å². The summed E-state index contributed by atoms with van der Waals surface area (Å²) < 4.78 is 18.2. The Morgan fingerprint density at radius 1 is 1.04 bits per heavy atom. The number of hydrogen-bond acceptors (Lipinski definition) is 4. The van der Waals surface area contributed by atoms with Crippen molar-refractivity contribution in [3.8, 4) is 11.5 Å². The molecule has 0 heterocycles. The van der Waals surface area contributed by atoms with Crippen LogP contribution >= 0.6 is 28.3 Å². The smallest absolute Gasteiger partial charge is 0.166 e. The molecule has 156 valence electrons. The van der Waals surface area contributed by atoms with Crippen molar-refractivity contribution in [2.24, 2.45) is 0 Å². The zero-order chi connectivity index (χ0) is 19.3. The second kappa shape index (κ2) is 14.7. The van der Waals surface area contributed by atoms with Crippen molar-refractivity contribution in [2.45, 2.75) is 39.3 Å². The molecule has 0 spiro atoms. The van der Waals surface area contributed by atoms with Gasteiger partial charge >= 0.3 is 0 Å². The van der Waals surface area contributed by atoms with E-state index < -0.39 is 0 Å². The van der Waals surface area contributed by atoms with Gasteiger partial charge in [0.15, 0.2) is 11.5 Å². The van der Waals surface area contributed by atoms with Crippen LogP contribution in [-0.4, -0.2) is 26.9 Å². The van der Waals surface area contributed by atoms with Gasteiger partial charge < -0.3 is 19.5 Å². The maximum Gasteiger partial charge on any atom is 0.166 e.